The van der Waals surface area contributed by atoms with Gasteiger partial charge < -0.3 is 0 Å². The van der Waals surface area contributed by atoms with Crippen molar-refractivity contribution in [3.05, 3.63) is 40.4 Å². The number of aryl methyl sites for hydroxylation is 1. The third kappa shape index (κ3) is 2.60. The summed E-state index contributed by atoms with van der Waals surface area (Å²) >= 11 is 1.64. The SMILES string of the molecule is Cc1csc(CC(NN)c2ccncn2)n1. The van der Waals surface area contributed by atoms with Gasteiger partial charge in [0.25, 0.3) is 0 Å². The van der Waals surface area contributed by atoms with Crippen molar-refractivity contribution in [2.24, 2.45) is 5.84 Å². The topological polar surface area (TPSA) is 76.7 Å². The zero-order chi connectivity index (χ0) is 11.4. The molecule has 0 fully saturated rings. The van der Waals surface area contributed by atoms with Gasteiger partial charge in [0.15, 0.2) is 0 Å². The molecule has 6 heteroatoms. The zero-order valence-corrected chi connectivity index (χ0v) is 9.74. The molecule has 0 aliphatic rings. The average molecular weight is 235 g/mol. The minimum Gasteiger partial charge on any atom is -0.271 e. The Morgan fingerprint density at radius 3 is 3.00 bits per heavy atom. The maximum atomic E-state index is 5.53. The lowest BCUT2D eigenvalue weighted by Gasteiger charge is -2.12. The normalized spacial score (nSPS) is 12.6. The van der Waals surface area contributed by atoms with Crippen molar-refractivity contribution in [2.45, 2.75) is 19.4 Å². The molecule has 1 atom stereocenters. The molecule has 5 nitrogen and oxygen atoms in total. The monoisotopic (exact) mass is 235 g/mol. The number of nitrogens with two attached hydrogens (primary N) is 1. The highest BCUT2D eigenvalue weighted by molar-refractivity contribution is 7.09. The molecule has 0 bridgehead atoms. The summed E-state index contributed by atoms with van der Waals surface area (Å²) in [5.74, 6) is 5.53. The molecular formula is C10H13N5S. The van der Waals surface area contributed by atoms with E-state index < -0.39 is 0 Å². The number of hydrazine groups is 1. The summed E-state index contributed by atoms with van der Waals surface area (Å²) in [5, 5.41) is 3.09. The fourth-order valence-corrected chi connectivity index (χ4v) is 2.25. The first-order valence-corrected chi connectivity index (χ1v) is 5.80. The Labute approximate surface area is 97.7 Å². The summed E-state index contributed by atoms with van der Waals surface area (Å²) in [4.78, 5) is 12.5. The van der Waals surface area contributed by atoms with E-state index in [0.29, 0.717) is 0 Å². The molecule has 0 amide bonds. The predicted molar refractivity (Wildman–Crippen MR) is 62.7 cm³/mol. The van der Waals surface area contributed by atoms with E-state index in [0.717, 1.165) is 22.8 Å². The number of hydrogen-bond donors (Lipinski definition) is 2. The third-order valence-corrected chi connectivity index (χ3v) is 3.20. The molecule has 0 radical (unpaired) electrons. The predicted octanol–water partition coefficient (Wildman–Crippen LogP) is 0.989. The first kappa shape index (κ1) is 11.1. The molecule has 84 valence electrons. The maximum absolute atomic E-state index is 5.53. The van der Waals surface area contributed by atoms with Crippen LogP contribution in [0.5, 0.6) is 0 Å². The van der Waals surface area contributed by atoms with E-state index in [9.17, 15) is 0 Å². The van der Waals surface area contributed by atoms with E-state index in [1.54, 1.807) is 17.5 Å². The average Bonchev–Trinajstić information content (AvgIpc) is 2.73. The molecule has 16 heavy (non-hydrogen) atoms. The molecule has 0 saturated heterocycles. The summed E-state index contributed by atoms with van der Waals surface area (Å²) in [6, 6.07) is 1.83. The number of aromatic nitrogens is 3. The minimum atomic E-state index is -0.0199. The Balaban J connectivity index is 2.12. The maximum Gasteiger partial charge on any atom is 0.115 e. The molecule has 2 aromatic rings. The smallest absolute Gasteiger partial charge is 0.115 e. The summed E-state index contributed by atoms with van der Waals surface area (Å²) < 4.78 is 0. The van der Waals surface area contributed by atoms with Gasteiger partial charge in [0, 0.05) is 23.7 Å². The Morgan fingerprint density at radius 1 is 1.56 bits per heavy atom. The first-order chi connectivity index (χ1) is 7.79. The van der Waals surface area contributed by atoms with Crippen LogP contribution in [0, 0.1) is 6.92 Å². The molecule has 0 spiro atoms. The second-order valence-corrected chi connectivity index (χ2v) is 4.38. The van der Waals surface area contributed by atoms with Crippen molar-refractivity contribution < 1.29 is 0 Å². The number of nitrogens with one attached hydrogen (secondary N) is 1. The summed E-state index contributed by atoms with van der Waals surface area (Å²) in [6.07, 6.45) is 3.97. The lowest BCUT2D eigenvalue weighted by Crippen LogP contribution is -2.30. The van der Waals surface area contributed by atoms with Crippen LogP contribution in [0.2, 0.25) is 0 Å². The molecular weight excluding hydrogens is 222 g/mol. The number of hydrogen-bond acceptors (Lipinski definition) is 6. The highest BCUT2D eigenvalue weighted by Crippen LogP contribution is 2.18. The quantitative estimate of drug-likeness (QED) is 0.610. The fourth-order valence-electron chi connectivity index (χ4n) is 1.43. The van der Waals surface area contributed by atoms with E-state index in [1.165, 1.54) is 6.33 Å². The second-order valence-electron chi connectivity index (χ2n) is 3.44. The van der Waals surface area contributed by atoms with Gasteiger partial charge in [-0.2, -0.15) is 0 Å². The number of nitrogens with zero attached hydrogens (tertiary/aromatic N) is 3. The molecule has 0 aliphatic heterocycles. The van der Waals surface area contributed by atoms with Crippen LogP contribution in [0.15, 0.2) is 24.0 Å². The van der Waals surface area contributed by atoms with Gasteiger partial charge in [0.2, 0.25) is 0 Å². The van der Waals surface area contributed by atoms with Gasteiger partial charge in [0.1, 0.15) is 6.33 Å². The standard InChI is InChI=1S/C10H13N5S/c1-7-5-16-10(14-7)4-9(15-11)8-2-3-12-6-13-8/h2-3,5-6,9,15H,4,11H2,1H3. The Bertz CT molecular complexity index is 441. The lowest BCUT2D eigenvalue weighted by atomic mass is 10.1. The van der Waals surface area contributed by atoms with Crippen LogP contribution < -0.4 is 11.3 Å². The van der Waals surface area contributed by atoms with Crippen molar-refractivity contribution in [2.75, 3.05) is 0 Å². The van der Waals surface area contributed by atoms with Crippen molar-refractivity contribution >= 4 is 11.3 Å². The van der Waals surface area contributed by atoms with Crippen LogP contribution in [0.4, 0.5) is 0 Å². The van der Waals surface area contributed by atoms with Gasteiger partial charge in [-0.25, -0.2) is 15.0 Å². The van der Waals surface area contributed by atoms with Crippen LogP contribution in [0.3, 0.4) is 0 Å². The van der Waals surface area contributed by atoms with Gasteiger partial charge in [0.05, 0.1) is 16.7 Å². The number of rotatable bonds is 4. The van der Waals surface area contributed by atoms with Gasteiger partial charge in [-0.15, -0.1) is 11.3 Å². The highest BCUT2D eigenvalue weighted by atomic mass is 32.1. The fraction of sp³-hybridized carbons (Fsp3) is 0.300. The van der Waals surface area contributed by atoms with Crippen molar-refractivity contribution in [1.82, 2.24) is 20.4 Å². The van der Waals surface area contributed by atoms with Crippen LogP contribution in [-0.4, -0.2) is 15.0 Å². The number of thiazole rings is 1. The van der Waals surface area contributed by atoms with Gasteiger partial charge in [-0.05, 0) is 13.0 Å². The molecule has 0 aliphatic carbocycles. The molecule has 0 aromatic carbocycles. The molecule has 2 aromatic heterocycles. The Hall–Kier alpha value is -1.37. The van der Waals surface area contributed by atoms with Crippen LogP contribution in [0.1, 0.15) is 22.4 Å². The largest absolute Gasteiger partial charge is 0.271 e. The van der Waals surface area contributed by atoms with E-state index in [2.05, 4.69) is 20.4 Å². The van der Waals surface area contributed by atoms with Gasteiger partial charge in [-0.1, -0.05) is 0 Å². The van der Waals surface area contributed by atoms with Crippen molar-refractivity contribution in [3.63, 3.8) is 0 Å². The van der Waals surface area contributed by atoms with Crippen LogP contribution in [-0.2, 0) is 6.42 Å². The van der Waals surface area contributed by atoms with Gasteiger partial charge >= 0.3 is 0 Å². The molecule has 2 heterocycles. The highest BCUT2D eigenvalue weighted by Gasteiger charge is 2.13. The van der Waals surface area contributed by atoms with Crippen LogP contribution in [0.25, 0.3) is 0 Å². The van der Waals surface area contributed by atoms with E-state index in [-0.39, 0.29) is 6.04 Å². The summed E-state index contributed by atoms with van der Waals surface area (Å²) in [5.41, 5.74) is 4.67. The Morgan fingerprint density at radius 2 is 2.44 bits per heavy atom. The lowest BCUT2D eigenvalue weighted by molar-refractivity contribution is 0.535. The second kappa shape index (κ2) is 5.11. The van der Waals surface area contributed by atoms with Crippen molar-refractivity contribution in [1.29, 1.82) is 0 Å². The zero-order valence-electron chi connectivity index (χ0n) is 8.92. The van der Waals surface area contributed by atoms with E-state index in [1.807, 2.05) is 18.4 Å². The van der Waals surface area contributed by atoms with E-state index in [4.69, 9.17) is 5.84 Å². The third-order valence-electron chi connectivity index (χ3n) is 2.21. The molecule has 1 unspecified atom stereocenters. The molecule has 3 N–H and O–H groups in total. The molecule has 0 saturated carbocycles. The minimum absolute atomic E-state index is 0.0199. The summed E-state index contributed by atoms with van der Waals surface area (Å²) in [7, 11) is 0. The first-order valence-electron chi connectivity index (χ1n) is 4.92. The summed E-state index contributed by atoms with van der Waals surface area (Å²) in [6.45, 7) is 1.98. The van der Waals surface area contributed by atoms with E-state index >= 15 is 0 Å². The van der Waals surface area contributed by atoms with Crippen molar-refractivity contribution in [3.8, 4) is 0 Å². The Kier molecular flexibility index (Phi) is 3.55. The molecule has 2 rings (SSSR count). The van der Waals surface area contributed by atoms with Gasteiger partial charge in [-0.3, -0.25) is 11.3 Å². The van der Waals surface area contributed by atoms with Crippen LogP contribution >= 0.6 is 11.3 Å².